The van der Waals surface area contributed by atoms with Gasteiger partial charge in [-0.2, -0.15) is 18.2 Å². The molecule has 3 rings (SSSR count). The Morgan fingerprint density at radius 3 is 2.44 bits per heavy atom. The molecule has 0 aliphatic rings. The third-order valence-electron chi connectivity index (χ3n) is 4.73. The molecule has 2 aromatic carbocycles. The molecular formula is C24H26F3N3O2. The molecule has 0 bridgehead atoms. The molecule has 0 atom stereocenters. The predicted molar refractivity (Wildman–Crippen MR) is 117 cm³/mol. The lowest BCUT2D eigenvalue weighted by atomic mass is 10.2. The van der Waals surface area contributed by atoms with Gasteiger partial charge in [0.15, 0.2) is 5.82 Å². The molecule has 0 saturated heterocycles. The number of benzene rings is 2. The maximum absolute atomic E-state index is 13.8. The Morgan fingerprint density at radius 2 is 1.75 bits per heavy atom. The number of anilines is 2. The van der Waals surface area contributed by atoms with Crippen LogP contribution >= 0.6 is 0 Å². The van der Waals surface area contributed by atoms with Gasteiger partial charge in [0.1, 0.15) is 17.9 Å². The SMILES string of the molecule is CCCCOc1cccc(N(CC)c2nc(OCc3ccccc3)ncc2C(F)(F)F)c1. The van der Waals surface area contributed by atoms with Crippen molar-refractivity contribution in [3.8, 4) is 11.8 Å². The molecule has 0 aliphatic heterocycles. The highest BCUT2D eigenvalue weighted by Gasteiger charge is 2.37. The summed E-state index contributed by atoms with van der Waals surface area (Å²) in [6.45, 7) is 4.78. The molecule has 1 heterocycles. The van der Waals surface area contributed by atoms with Crippen LogP contribution in [0.15, 0.2) is 60.8 Å². The minimum Gasteiger partial charge on any atom is -0.494 e. The Morgan fingerprint density at radius 1 is 0.969 bits per heavy atom. The Kier molecular flexibility index (Phi) is 7.92. The standard InChI is InChI=1S/C24H26F3N3O2/c1-3-5-14-31-20-13-9-12-19(15-20)30(4-2)22-21(24(25,26)27)16-28-23(29-22)32-17-18-10-7-6-8-11-18/h6-13,15-16H,3-5,14,17H2,1-2H3. The van der Waals surface area contributed by atoms with Gasteiger partial charge in [0.25, 0.3) is 0 Å². The lowest BCUT2D eigenvalue weighted by Gasteiger charge is -2.26. The third kappa shape index (κ3) is 6.12. The number of rotatable bonds is 10. The molecule has 8 heteroatoms. The average Bonchev–Trinajstić information content (AvgIpc) is 2.79. The zero-order chi connectivity index (χ0) is 23.0. The van der Waals surface area contributed by atoms with Gasteiger partial charge in [-0.1, -0.05) is 49.7 Å². The minimum absolute atomic E-state index is 0.120. The number of alkyl halides is 3. The van der Waals surface area contributed by atoms with Gasteiger partial charge in [0.05, 0.1) is 6.61 Å². The molecule has 5 nitrogen and oxygen atoms in total. The highest BCUT2D eigenvalue weighted by Crippen LogP contribution is 2.39. The van der Waals surface area contributed by atoms with Crippen LogP contribution in [-0.2, 0) is 12.8 Å². The van der Waals surface area contributed by atoms with E-state index < -0.39 is 11.7 Å². The Hall–Kier alpha value is -3.29. The fraction of sp³-hybridized carbons (Fsp3) is 0.333. The van der Waals surface area contributed by atoms with E-state index in [9.17, 15) is 13.2 Å². The van der Waals surface area contributed by atoms with E-state index in [2.05, 4.69) is 16.9 Å². The Bertz CT molecular complexity index is 997. The van der Waals surface area contributed by atoms with Gasteiger partial charge in [-0.3, -0.25) is 0 Å². The highest BCUT2D eigenvalue weighted by atomic mass is 19.4. The Balaban J connectivity index is 1.92. The largest absolute Gasteiger partial charge is 0.494 e. The van der Waals surface area contributed by atoms with Crippen LogP contribution in [0.3, 0.4) is 0 Å². The minimum atomic E-state index is -4.62. The maximum Gasteiger partial charge on any atom is 0.421 e. The van der Waals surface area contributed by atoms with Crippen LogP contribution in [0.25, 0.3) is 0 Å². The second-order valence-electron chi connectivity index (χ2n) is 7.11. The Labute approximate surface area is 185 Å². The van der Waals surface area contributed by atoms with E-state index in [1.54, 1.807) is 31.2 Å². The van der Waals surface area contributed by atoms with Gasteiger partial charge in [-0.15, -0.1) is 0 Å². The summed E-state index contributed by atoms with van der Waals surface area (Å²) in [6.07, 6.45) is -1.96. The number of hydrogen-bond donors (Lipinski definition) is 0. The van der Waals surface area contributed by atoms with E-state index in [0.29, 0.717) is 18.0 Å². The third-order valence-corrected chi connectivity index (χ3v) is 4.73. The predicted octanol–water partition coefficient (Wildman–Crippen LogP) is 6.41. The summed E-state index contributed by atoms with van der Waals surface area (Å²) in [5, 5.41) is 0. The van der Waals surface area contributed by atoms with Crippen LogP contribution in [0.5, 0.6) is 11.8 Å². The van der Waals surface area contributed by atoms with Crippen molar-refractivity contribution in [3.05, 3.63) is 71.9 Å². The zero-order valence-electron chi connectivity index (χ0n) is 18.1. The van der Waals surface area contributed by atoms with Gasteiger partial charge in [-0.25, -0.2) is 4.98 Å². The molecule has 0 amide bonds. The molecule has 0 radical (unpaired) electrons. The van der Waals surface area contributed by atoms with Gasteiger partial charge in [0, 0.05) is 24.5 Å². The van der Waals surface area contributed by atoms with Crippen molar-refractivity contribution >= 4 is 11.5 Å². The van der Waals surface area contributed by atoms with Crippen LogP contribution in [-0.4, -0.2) is 23.1 Å². The van der Waals surface area contributed by atoms with E-state index >= 15 is 0 Å². The van der Waals surface area contributed by atoms with E-state index in [0.717, 1.165) is 24.6 Å². The summed E-state index contributed by atoms with van der Waals surface area (Å²) < 4.78 is 52.6. The van der Waals surface area contributed by atoms with Crippen LogP contribution < -0.4 is 14.4 Å². The first kappa shape index (κ1) is 23.4. The molecule has 0 fully saturated rings. The van der Waals surface area contributed by atoms with Crippen molar-refractivity contribution in [2.45, 2.75) is 39.5 Å². The topological polar surface area (TPSA) is 47.5 Å². The maximum atomic E-state index is 13.8. The molecule has 32 heavy (non-hydrogen) atoms. The fourth-order valence-electron chi connectivity index (χ4n) is 3.08. The number of halogens is 3. The van der Waals surface area contributed by atoms with E-state index in [1.165, 1.54) is 4.90 Å². The number of hydrogen-bond acceptors (Lipinski definition) is 5. The smallest absolute Gasteiger partial charge is 0.421 e. The van der Waals surface area contributed by atoms with Crippen molar-refractivity contribution in [1.82, 2.24) is 9.97 Å². The van der Waals surface area contributed by atoms with Gasteiger partial charge < -0.3 is 14.4 Å². The monoisotopic (exact) mass is 445 g/mol. The molecular weight excluding hydrogens is 419 g/mol. The number of ether oxygens (including phenoxy) is 2. The molecule has 0 unspecified atom stereocenters. The van der Waals surface area contributed by atoms with Crippen molar-refractivity contribution in [1.29, 1.82) is 0 Å². The molecule has 0 aliphatic carbocycles. The van der Waals surface area contributed by atoms with Crippen molar-refractivity contribution in [3.63, 3.8) is 0 Å². The molecule has 0 N–H and O–H groups in total. The molecule has 0 saturated carbocycles. The first-order valence-corrected chi connectivity index (χ1v) is 10.5. The molecule has 1 aromatic heterocycles. The lowest BCUT2D eigenvalue weighted by molar-refractivity contribution is -0.137. The van der Waals surface area contributed by atoms with Gasteiger partial charge >= 0.3 is 12.2 Å². The van der Waals surface area contributed by atoms with Gasteiger partial charge in [-0.05, 0) is 31.0 Å². The van der Waals surface area contributed by atoms with Crippen LogP contribution in [0.2, 0.25) is 0 Å². The second kappa shape index (κ2) is 10.8. The second-order valence-corrected chi connectivity index (χ2v) is 7.11. The number of aromatic nitrogens is 2. The van der Waals surface area contributed by atoms with Crippen LogP contribution in [0.4, 0.5) is 24.7 Å². The summed E-state index contributed by atoms with van der Waals surface area (Å²) in [7, 11) is 0. The van der Waals surface area contributed by atoms with E-state index in [4.69, 9.17) is 9.47 Å². The number of unbranched alkanes of at least 4 members (excludes halogenated alkanes) is 1. The highest BCUT2D eigenvalue weighted by molar-refractivity contribution is 5.64. The van der Waals surface area contributed by atoms with Crippen molar-refractivity contribution < 1.29 is 22.6 Å². The van der Waals surface area contributed by atoms with Crippen molar-refractivity contribution in [2.24, 2.45) is 0 Å². The normalized spacial score (nSPS) is 11.3. The first-order valence-electron chi connectivity index (χ1n) is 10.5. The van der Waals surface area contributed by atoms with E-state index in [1.807, 2.05) is 30.3 Å². The van der Waals surface area contributed by atoms with Crippen LogP contribution in [0, 0.1) is 0 Å². The zero-order valence-corrected chi connectivity index (χ0v) is 18.1. The van der Waals surface area contributed by atoms with Gasteiger partial charge in [0.2, 0.25) is 0 Å². The quantitative estimate of drug-likeness (QED) is 0.338. The van der Waals surface area contributed by atoms with Crippen LogP contribution in [0.1, 0.15) is 37.8 Å². The van der Waals surface area contributed by atoms with E-state index in [-0.39, 0.29) is 25.0 Å². The summed E-state index contributed by atoms with van der Waals surface area (Å²) in [4.78, 5) is 9.41. The fourth-order valence-corrected chi connectivity index (χ4v) is 3.08. The molecule has 3 aromatic rings. The summed E-state index contributed by atoms with van der Waals surface area (Å²) in [6, 6.07) is 16.1. The summed E-state index contributed by atoms with van der Waals surface area (Å²) in [5.74, 6) is 0.335. The number of nitrogens with zero attached hydrogens (tertiary/aromatic N) is 3. The van der Waals surface area contributed by atoms with Crippen molar-refractivity contribution in [2.75, 3.05) is 18.1 Å². The molecule has 170 valence electrons. The first-order chi connectivity index (χ1) is 15.4. The molecule has 0 spiro atoms. The lowest BCUT2D eigenvalue weighted by Crippen LogP contribution is -2.23. The summed E-state index contributed by atoms with van der Waals surface area (Å²) in [5.41, 5.74) is 0.477. The summed E-state index contributed by atoms with van der Waals surface area (Å²) >= 11 is 0. The average molecular weight is 445 g/mol.